The maximum absolute atomic E-state index is 12.4. The molecule has 0 aliphatic rings. The van der Waals surface area contributed by atoms with Crippen molar-refractivity contribution in [3.05, 3.63) is 59.7 Å². The van der Waals surface area contributed by atoms with Crippen molar-refractivity contribution in [3.8, 4) is 0 Å². The molecule has 0 spiro atoms. The van der Waals surface area contributed by atoms with Gasteiger partial charge >= 0.3 is 5.97 Å². The summed E-state index contributed by atoms with van der Waals surface area (Å²) in [5, 5.41) is 2.68. The van der Waals surface area contributed by atoms with Crippen LogP contribution in [0.3, 0.4) is 0 Å². The van der Waals surface area contributed by atoms with Crippen LogP contribution in [-0.4, -0.2) is 45.3 Å². The van der Waals surface area contributed by atoms with Crippen LogP contribution in [0.1, 0.15) is 34.1 Å². The first-order chi connectivity index (χ1) is 12.8. The fourth-order valence-corrected chi connectivity index (χ4v) is 3.10. The largest absolute Gasteiger partial charge is 0.462 e. The van der Waals surface area contributed by atoms with Gasteiger partial charge in [-0.05, 0) is 48.9 Å². The van der Waals surface area contributed by atoms with Crippen LogP contribution < -0.4 is 5.32 Å². The number of esters is 1. The predicted octanol–water partition coefficient (Wildman–Crippen LogP) is 2.76. The number of hydrogen-bond acceptors (Lipinski definition) is 5. The van der Waals surface area contributed by atoms with Crippen molar-refractivity contribution in [2.75, 3.05) is 26.0 Å². The Bertz CT molecular complexity index is 921. The summed E-state index contributed by atoms with van der Waals surface area (Å²) in [6, 6.07) is 12.1. The van der Waals surface area contributed by atoms with E-state index in [1.54, 1.807) is 18.2 Å². The SMILES string of the molecule is CCCOC(=O)c1cccc(NC(=O)c2ccc(S(=O)(=O)N(C)C)cc2)c1. The van der Waals surface area contributed by atoms with Gasteiger partial charge in [0.25, 0.3) is 5.91 Å². The molecule has 0 bridgehead atoms. The van der Waals surface area contributed by atoms with Crippen LogP contribution in [0, 0.1) is 0 Å². The maximum atomic E-state index is 12.4. The lowest BCUT2D eigenvalue weighted by Crippen LogP contribution is -2.22. The van der Waals surface area contributed by atoms with Gasteiger partial charge in [-0.2, -0.15) is 0 Å². The highest BCUT2D eigenvalue weighted by Gasteiger charge is 2.17. The molecule has 8 heteroatoms. The van der Waals surface area contributed by atoms with Gasteiger partial charge in [0.1, 0.15) is 0 Å². The molecule has 2 aromatic carbocycles. The molecule has 7 nitrogen and oxygen atoms in total. The number of hydrogen-bond donors (Lipinski definition) is 1. The third-order valence-electron chi connectivity index (χ3n) is 3.69. The summed E-state index contributed by atoms with van der Waals surface area (Å²) in [5.41, 5.74) is 1.08. The molecule has 1 amide bonds. The highest BCUT2D eigenvalue weighted by atomic mass is 32.2. The van der Waals surface area contributed by atoms with Gasteiger partial charge in [0.05, 0.1) is 17.1 Å². The van der Waals surface area contributed by atoms with E-state index in [2.05, 4.69) is 5.32 Å². The molecule has 0 fully saturated rings. The topological polar surface area (TPSA) is 92.8 Å². The van der Waals surface area contributed by atoms with Gasteiger partial charge in [-0.15, -0.1) is 0 Å². The molecule has 0 saturated carbocycles. The Morgan fingerprint density at radius 1 is 1.04 bits per heavy atom. The van der Waals surface area contributed by atoms with E-state index in [0.717, 1.165) is 10.7 Å². The van der Waals surface area contributed by atoms with Gasteiger partial charge in [0, 0.05) is 25.3 Å². The van der Waals surface area contributed by atoms with Crippen LogP contribution in [0.25, 0.3) is 0 Å². The number of carbonyl (C=O) groups excluding carboxylic acids is 2. The quantitative estimate of drug-likeness (QED) is 0.734. The van der Waals surface area contributed by atoms with Crippen molar-refractivity contribution in [2.24, 2.45) is 0 Å². The van der Waals surface area contributed by atoms with E-state index in [1.165, 1.54) is 44.4 Å². The minimum Gasteiger partial charge on any atom is -0.462 e. The fourth-order valence-electron chi connectivity index (χ4n) is 2.19. The standard InChI is InChI=1S/C19H22N2O5S/c1-4-12-26-19(23)15-6-5-7-16(13-15)20-18(22)14-8-10-17(11-9-14)27(24,25)21(2)3/h5-11,13H,4,12H2,1-3H3,(H,20,22). The Morgan fingerprint density at radius 3 is 2.30 bits per heavy atom. The minimum absolute atomic E-state index is 0.102. The zero-order chi connectivity index (χ0) is 20.0. The molecule has 2 rings (SSSR count). The van der Waals surface area contributed by atoms with Crippen LogP contribution in [0.2, 0.25) is 0 Å². The number of carbonyl (C=O) groups is 2. The van der Waals surface area contributed by atoms with E-state index in [1.807, 2.05) is 6.92 Å². The molecule has 0 aliphatic heterocycles. The van der Waals surface area contributed by atoms with Crippen molar-refractivity contribution in [1.29, 1.82) is 0 Å². The van der Waals surface area contributed by atoms with Gasteiger partial charge in [0.15, 0.2) is 0 Å². The fraction of sp³-hybridized carbons (Fsp3) is 0.263. The van der Waals surface area contributed by atoms with Gasteiger partial charge in [-0.1, -0.05) is 13.0 Å². The molecule has 0 radical (unpaired) electrons. The Kier molecular flexibility index (Phi) is 6.70. The third kappa shape index (κ3) is 5.15. The summed E-state index contributed by atoms with van der Waals surface area (Å²) in [5.74, 6) is -0.867. The average Bonchev–Trinajstić information content (AvgIpc) is 2.66. The summed E-state index contributed by atoms with van der Waals surface area (Å²) >= 11 is 0. The third-order valence-corrected chi connectivity index (χ3v) is 5.52. The van der Waals surface area contributed by atoms with Crippen molar-refractivity contribution in [2.45, 2.75) is 18.2 Å². The van der Waals surface area contributed by atoms with Crippen LogP contribution >= 0.6 is 0 Å². The monoisotopic (exact) mass is 390 g/mol. The number of nitrogens with zero attached hydrogens (tertiary/aromatic N) is 1. The van der Waals surface area contributed by atoms with Crippen molar-refractivity contribution >= 4 is 27.6 Å². The molecule has 27 heavy (non-hydrogen) atoms. The Hall–Kier alpha value is -2.71. The van der Waals surface area contributed by atoms with Crippen LogP contribution in [0.4, 0.5) is 5.69 Å². The second-order valence-electron chi connectivity index (χ2n) is 5.98. The van der Waals surface area contributed by atoms with Gasteiger partial charge in [-0.25, -0.2) is 17.5 Å². The molecule has 0 atom stereocenters. The van der Waals surface area contributed by atoms with E-state index in [9.17, 15) is 18.0 Å². The summed E-state index contributed by atoms with van der Waals surface area (Å²) in [4.78, 5) is 24.4. The number of ether oxygens (including phenoxy) is 1. The van der Waals surface area contributed by atoms with E-state index in [0.29, 0.717) is 23.4 Å². The highest BCUT2D eigenvalue weighted by molar-refractivity contribution is 7.89. The van der Waals surface area contributed by atoms with Gasteiger partial charge in [-0.3, -0.25) is 4.79 Å². The highest BCUT2D eigenvalue weighted by Crippen LogP contribution is 2.16. The molecule has 0 unspecified atom stereocenters. The zero-order valence-corrected chi connectivity index (χ0v) is 16.2. The smallest absolute Gasteiger partial charge is 0.338 e. The lowest BCUT2D eigenvalue weighted by atomic mass is 10.1. The second kappa shape index (κ2) is 8.79. The molecule has 0 aromatic heterocycles. The zero-order valence-electron chi connectivity index (χ0n) is 15.4. The van der Waals surface area contributed by atoms with E-state index in [-0.39, 0.29) is 4.90 Å². The minimum atomic E-state index is -3.55. The molecule has 0 saturated heterocycles. The Morgan fingerprint density at radius 2 is 1.70 bits per heavy atom. The average molecular weight is 390 g/mol. The summed E-state index contributed by atoms with van der Waals surface area (Å²) in [7, 11) is -0.673. The van der Waals surface area contributed by atoms with E-state index in [4.69, 9.17) is 4.74 Å². The Labute approximate surface area is 159 Å². The van der Waals surface area contributed by atoms with Crippen molar-refractivity contribution in [1.82, 2.24) is 4.31 Å². The number of benzene rings is 2. The van der Waals surface area contributed by atoms with E-state index < -0.39 is 21.9 Å². The number of amides is 1. The van der Waals surface area contributed by atoms with Gasteiger partial charge in [0.2, 0.25) is 10.0 Å². The first kappa shape index (κ1) is 20.6. The van der Waals surface area contributed by atoms with Crippen molar-refractivity contribution < 1.29 is 22.7 Å². The summed E-state index contributed by atoms with van der Waals surface area (Å²) in [6.45, 7) is 2.23. The molecule has 1 N–H and O–H groups in total. The first-order valence-electron chi connectivity index (χ1n) is 8.37. The van der Waals surface area contributed by atoms with Crippen LogP contribution in [-0.2, 0) is 14.8 Å². The van der Waals surface area contributed by atoms with Crippen LogP contribution in [0.15, 0.2) is 53.4 Å². The Balaban J connectivity index is 2.12. The lowest BCUT2D eigenvalue weighted by molar-refractivity contribution is 0.0505. The lowest BCUT2D eigenvalue weighted by Gasteiger charge is -2.12. The summed E-state index contributed by atoms with van der Waals surface area (Å²) < 4.78 is 30.3. The number of nitrogens with one attached hydrogen (secondary N) is 1. The second-order valence-corrected chi connectivity index (χ2v) is 8.13. The van der Waals surface area contributed by atoms with E-state index >= 15 is 0 Å². The molecule has 2 aromatic rings. The first-order valence-corrected chi connectivity index (χ1v) is 9.81. The normalized spacial score (nSPS) is 11.3. The number of rotatable bonds is 7. The molecule has 144 valence electrons. The number of anilines is 1. The molecular weight excluding hydrogens is 368 g/mol. The summed E-state index contributed by atoms with van der Waals surface area (Å²) in [6.07, 6.45) is 0.724. The van der Waals surface area contributed by atoms with Gasteiger partial charge < -0.3 is 10.1 Å². The molecular formula is C19H22N2O5S. The molecule has 0 heterocycles. The number of sulfonamides is 1. The van der Waals surface area contributed by atoms with Crippen LogP contribution in [0.5, 0.6) is 0 Å². The predicted molar refractivity (Wildman–Crippen MR) is 102 cm³/mol. The van der Waals surface area contributed by atoms with Crippen molar-refractivity contribution in [3.63, 3.8) is 0 Å². The maximum Gasteiger partial charge on any atom is 0.338 e. The molecule has 0 aliphatic carbocycles.